The van der Waals surface area contributed by atoms with E-state index >= 15 is 0 Å². The highest BCUT2D eigenvalue weighted by molar-refractivity contribution is 5.93. The number of benzene rings is 1. The van der Waals surface area contributed by atoms with Gasteiger partial charge >= 0.3 is 5.97 Å². The van der Waals surface area contributed by atoms with Crippen LogP contribution in [0.2, 0.25) is 0 Å². The third-order valence-corrected chi connectivity index (χ3v) is 4.12. The van der Waals surface area contributed by atoms with E-state index in [1.165, 1.54) is 18.5 Å². The van der Waals surface area contributed by atoms with Crippen molar-refractivity contribution < 1.29 is 14.3 Å². The molecule has 1 saturated heterocycles. The van der Waals surface area contributed by atoms with Gasteiger partial charge in [0, 0.05) is 24.5 Å². The largest absolute Gasteiger partial charge is 0.455 e. The highest BCUT2D eigenvalue weighted by Crippen LogP contribution is 2.24. The summed E-state index contributed by atoms with van der Waals surface area (Å²) >= 11 is 0. The first-order chi connectivity index (χ1) is 11.0. The number of nitrogens with zero attached hydrogens (tertiary/aromatic N) is 1. The normalized spacial score (nSPS) is 15.6. The molecular weight excluding hydrogens is 292 g/mol. The van der Waals surface area contributed by atoms with Crippen LogP contribution in [-0.4, -0.2) is 31.6 Å². The highest BCUT2D eigenvalue weighted by atomic mass is 16.5. The molecule has 23 heavy (non-hydrogen) atoms. The molecule has 1 heterocycles. The second kappa shape index (κ2) is 7.99. The van der Waals surface area contributed by atoms with Crippen molar-refractivity contribution >= 4 is 23.3 Å². The van der Waals surface area contributed by atoms with Crippen LogP contribution in [0.4, 0.5) is 11.4 Å². The fourth-order valence-electron chi connectivity index (χ4n) is 2.52. The van der Waals surface area contributed by atoms with Crippen LogP contribution in [0.1, 0.15) is 33.6 Å². The summed E-state index contributed by atoms with van der Waals surface area (Å²) < 4.78 is 4.91. The van der Waals surface area contributed by atoms with Crippen LogP contribution in [0, 0.1) is 11.8 Å². The summed E-state index contributed by atoms with van der Waals surface area (Å²) in [5.41, 5.74) is 1.89. The standard InChI is InChI=1S/C18H26N2O3/c1-13(2)18(22)23-12-17(21)19-15-4-6-16(7-5-15)20-10-8-14(3)9-11-20/h4-7,13-14H,8-12H2,1-3H3,(H,19,21). The topological polar surface area (TPSA) is 58.6 Å². The summed E-state index contributed by atoms with van der Waals surface area (Å²) in [6.45, 7) is 7.68. The van der Waals surface area contributed by atoms with Gasteiger partial charge in [0.15, 0.2) is 6.61 Å². The average molecular weight is 318 g/mol. The zero-order chi connectivity index (χ0) is 16.8. The number of rotatable bonds is 5. The first kappa shape index (κ1) is 17.3. The van der Waals surface area contributed by atoms with Gasteiger partial charge < -0.3 is 15.0 Å². The minimum Gasteiger partial charge on any atom is -0.455 e. The molecule has 5 heteroatoms. The molecule has 2 rings (SSSR count). The lowest BCUT2D eigenvalue weighted by molar-refractivity contribution is -0.150. The Hall–Kier alpha value is -2.04. The molecule has 1 N–H and O–H groups in total. The molecule has 1 amide bonds. The van der Waals surface area contributed by atoms with Crippen molar-refractivity contribution in [3.63, 3.8) is 0 Å². The van der Waals surface area contributed by atoms with E-state index in [-0.39, 0.29) is 24.4 Å². The van der Waals surface area contributed by atoms with Gasteiger partial charge in [-0.05, 0) is 43.0 Å². The molecule has 0 unspecified atom stereocenters. The minimum atomic E-state index is -0.366. The van der Waals surface area contributed by atoms with Gasteiger partial charge in [-0.3, -0.25) is 9.59 Å². The van der Waals surface area contributed by atoms with E-state index in [9.17, 15) is 9.59 Å². The van der Waals surface area contributed by atoms with E-state index in [1.54, 1.807) is 13.8 Å². The van der Waals surface area contributed by atoms with Gasteiger partial charge in [0.1, 0.15) is 0 Å². The van der Waals surface area contributed by atoms with Gasteiger partial charge in [-0.15, -0.1) is 0 Å². The smallest absolute Gasteiger partial charge is 0.308 e. The summed E-state index contributed by atoms with van der Waals surface area (Å²) in [5.74, 6) is -0.110. The number of anilines is 2. The van der Waals surface area contributed by atoms with Crippen LogP contribution in [0.5, 0.6) is 0 Å². The molecule has 0 aromatic heterocycles. The van der Waals surface area contributed by atoms with Crippen LogP contribution in [0.3, 0.4) is 0 Å². The monoisotopic (exact) mass is 318 g/mol. The molecule has 1 fully saturated rings. The SMILES string of the molecule is CC1CCN(c2ccc(NC(=O)COC(=O)C(C)C)cc2)CC1. The number of carbonyl (C=O) groups excluding carboxylic acids is 2. The van der Waals surface area contributed by atoms with Crippen LogP contribution < -0.4 is 10.2 Å². The Balaban J connectivity index is 1.82. The Morgan fingerprint density at radius 3 is 2.39 bits per heavy atom. The molecule has 1 aliphatic rings. The number of nitrogens with one attached hydrogen (secondary N) is 1. The van der Waals surface area contributed by atoms with Crippen molar-refractivity contribution in [2.45, 2.75) is 33.6 Å². The molecule has 0 saturated carbocycles. The second-order valence-electron chi connectivity index (χ2n) is 6.53. The second-order valence-corrected chi connectivity index (χ2v) is 6.53. The van der Waals surface area contributed by atoms with Crippen LogP contribution in [-0.2, 0) is 14.3 Å². The third-order valence-electron chi connectivity index (χ3n) is 4.12. The number of carbonyl (C=O) groups is 2. The van der Waals surface area contributed by atoms with Crippen LogP contribution in [0.25, 0.3) is 0 Å². The van der Waals surface area contributed by atoms with E-state index < -0.39 is 0 Å². The Morgan fingerprint density at radius 1 is 1.22 bits per heavy atom. The highest BCUT2D eigenvalue weighted by Gasteiger charge is 2.16. The van der Waals surface area contributed by atoms with Crippen molar-refractivity contribution in [1.82, 2.24) is 0 Å². The zero-order valence-electron chi connectivity index (χ0n) is 14.2. The van der Waals surface area contributed by atoms with Crippen molar-refractivity contribution in [2.75, 3.05) is 29.9 Å². The summed E-state index contributed by atoms with van der Waals surface area (Å²) in [4.78, 5) is 25.5. The number of esters is 1. The van der Waals surface area contributed by atoms with Gasteiger partial charge in [0.2, 0.25) is 0 Å². The summed E-state index contributed by atoms with van der Waals surface area (Å²) in [6.07, 6.45) is 2.44. The van der Waals surface area contributed by atoms with Crippen LogP contribution >= 0.6 is 0 Å². The van der Waals surface area contributed by atoms with Gasteiger partial charge in [0.25, 0.3) is 5.91 Å². The van der Waals surface area contributed by atoms with Crippen molar-refractivity contribution in [1.29, 1.82) is 0 Å². The van der Waals surface area contributed by atoms with E-state index in [0.29, 0.717) is 5.69 Å². The van der Waals surface area contributed by atoms with Crippen molar-refractivity contribution in [2.24, 2.45) is 11.8 Å². The van der Waals surface area contributed by atoms with Crippen molar-refractivity contribution in [3.8, 4) is 0 Å². The predicted octanol–water partition coefficient (Wildman–Crippen LogP) is 3.06. The van der Waals surface area contributed by atoms with E-state index in [1.807, 2.05) is 24.3 Å². The fraction of sp³-hybridized carbons (Fsp3) is 0.556. The lowest BCUT2D eigenvalue weighted by Crippen LogP contribution is -2.32. The van der Waals surface area contributed by atoms with Gasteiger partial charge in [0.05, 0.1) is 5.92 Å². The maximum absolute atomic E-state index is 11.8. The zero-order valence-corrected chi connectivity index (χ0v) is 14.2. The van der Waals surface area contributed by atoms with Gasteiger partial charge in [-0.25, -0.2) is 0 Å². The summed E-state index contributed by atoms with van der Waals surface area (Å²) in [7, 11) is 0. The molecule has 0 atom stereocenters. The number of ether oxygens (including phenoxy) is 1. The Morgan fingerprint density at radius 2 is 1.83 bits per heavy atom. The number of hydrogen-bond donors (Lipinski definition) is 1. The molecule has 5 nitrogen and oxygen atoms in total. The predicted molar refractivity (Wildman–Crippen MR) is 91.5 cm³/mol. The molecule has 0 radical (unpaired) electrons. The van der Waals surface area contributed by atoms with E-state index in [4.69, 9.17) is 4.74 Å². The van der Waals surface area contributed by atoms with Crippen LogP contribution in [0.15, 0.2) is 24.3 Å². The molecule has 0 bridgehead atoms. The molecule has 0 spiro atoms. The Kier molecular flexibility index (Phi) is 6.02. The maximum Gasteiger partial charge on any atom is 0.308 e. The first-order valence-corrected chi connectivity index (χ1v) is 8.27. The number of piperidine rings is 1. The quantitative estimate of drug-likeness (QED) is 0.848. The molecular formula is C18H26N2O3. The van der Waals surface area contributed by atoms with E-state index in [0.717, 1.165) is 19.0 Å². The first-order valence-electron chi connectivity index (χ1n) is 8.27. The molecule has 0 aliphatic carbocycles. The average Bonchev–Trinajstić information content (AvgIpc) is 2.54. The number of hydrogen-bond acceptors (Lipinski definition) is 4. The summed E-state index contributed by atoms with van der Waals surface area (Å²) in [6, 6.07) is 7.81. The molecule has 1 aromatic rings. The third kappa shape index (κ3) is 5.27. The lowest BCUT2D eigenvalue weighted by atomic mass is 9.99. The summed E-state index contributed by atoms with van der Waals surface area (Å²) in [5, 5.41) is 2.74. The Bertz CT molecular complexity index is 532. The number of amides is 1. The molecule has 126 valence electrons. The maximum atomic E-state index is 11.8. The molecule has 1 aromatic carbocycles. The van der Waals surface area contributed by atoms with Gasteiger partial charge in [-0.1, -0.05) is 20.8 Å². The Labute approximate surface area is 138 Å². The van der Waals surface area contributed by atoms with Gasteiger partial charge in [-0.2, -0.15) is 0 Å². The van der Waals surface area contributed by atoms with Crippen molar-refractivity contribution in [3.05, 3.63) is 24.3 Å². The fourth-order valence-corrected chi connectivity index (χ4v) is 2.52. The van der Waals surface area contributed by atoms with E-state index in [2.05, 4.69) is 17.1 Å². The lowest BCUT2D eigenvalue weighted by Gasteiger charge is -2.32. The minimum absolute atomic E-state index is 0.227. The molecule has 1 aliphatic heterocycles.